The summed E-state index contributed by atoms with van der Waals surface area (Å²) in [5, 5.41) is 12.3. The molecule has 1 amide bonds. The third-order valence-electron chi connectivity index (χ3n) is 4.50. The summed E-state index contributed by atoms with van der Waals surface area (Å²) in [6, 6.07) is -0.0792. The first-order chi connectivity index (χ1) is 9.08. The molecule has 0 aromatic heterocycles. The van der Waals surface area contributed by atoms with E-state index in [2.05, 4.69) is 5.32 Å². The number of nitrogens with one attached hydrogen (secondary N) is 1. The Morgan fingerprint density at radius 3 is 2.42 bits per heavy atom. The summed E-state index contributed by atoms with van der Waals surface area (Å²) in [6.45, 7) is 0. The predicted molar refractivity (Wildman–Crippen MR) is 71.5 cm³/mol. The molecule has 0 saturated heterocycles. The fourth-order valence-electron chi connectivity index (χ4n) is 3.33. The summed E-state index contributed by atoms with van der Waals surface area (Å²) < 4.78 is 0. The van der Waals surface area contributed by atoms with E-state index < -0.39 is 11.9 Å². The van der Waals surface area contributed by atoms with Gasteiger partial charge in [0, 0.05) is 18.0 Å². The number of carbonyl (C=O) groups excluding carboxylic acids is 1. The van der Waals surface area contributed by atoms with Crippen molar-refractivity contribution in [1.29, 1.82) is 0 Å². The molecule has 0 spiro atoms. The molecule has 4 N–H and O–H groups in total. The molecule has 2 saturated carbocycles. The van der Waals surface area contributed by atoms with Crippen LogP contribution in [-0.4, -0.2) is 29.1 Å². The first-order valence-corrected chi connectivity index (χ1v) is 7.36. The lowest BCUT2D eigenvalue weighted by atomic mass is 9.94. The summed E-state index contributed by atoms with van der Waals surface area (Å²) in [4.78, 5) is 23.5. The number of nitrogens with two attached hydrogens (primary N) is 1. The Labute approximate surface area is 113 Å². The van der Waals surface area contributed by atoms with E-state index in [9.17, 15) is 14.7 Å². The lowest BCUT2D eigenvalue weighted by Crippen LogP contribution is -2.45. The zero-order valence-electron chi connectivity index (χ0n) is 11.3. The van der Waals surface area contributed by atoms with Crippen LogP contribution >= 0.6 is 0 Å². The smallest absolute Gasteiger partial charge is 0.308 e. The van der Waals surface area contributed by atoms with Gasteiger partial charge in [-0.25, -0.2) is 0 Å². The Balaban J connectivity index is 1.94. The fourth-order valence-corrected chi connectivity index (χ4v) is 3.33. The summed E-state index contributed by atoms with van der Waals surface area (Å²) in [5.41, 5.74) is 5.82. The van der Waals surface area contributed by atoms with Crippen LogP contribution in [0.25, 0.3) is 0 Å². The standard InChI is InChI=1S/C14H24N2O3/c15-10-7-6-9(8-10)13(17)16-12-5-3-1-2-4-11(12)14(18)19/h9-12H,1-8,15H2,(H,16,17)(H,18,19). The van der Waals surface area contributed by atoms with Crippen LogP contribution in [0.3, 0.4) is 0 Å². The van der Waals surface area contributed by atoms with E-state index >= 15 is 0 Å². The average molecular weight is 268 g/mol. The lowest BCUT2D eigenvalue weighted by Gasteiger charge is -2.24. The van der Waals surface area contributed by atoms with Crippen molar-refractivity contribution in [2.75, 3.05) is 0 Å². The van der Waals surface area contributed by atoms with Crippen LogP contribution in [0, 0.1) is 11.8 Å². The normalized spacial score (nSPS) is 35.6. The predicted octanol–water partition coefficient (Wildman–Crippen LogP) is 1.26. The average Bonchev–Trinajstić information content (AvgIpc) is 2.65. The fraction of sp³-hybridized carbons (Fsp3) is 0.857. The minimum absolute atomic E-state index is 0.00565. The summed E-state index contributed by atoms with van der Waals surface area (Å²) >= 11 is 0. The summed E-state index contributed by atoms with van der Waals surface area (Å²) in [5.74, 6) is -1.23. The first-order valence-electron chi connectivity index (χ1n) is 7.36. The Hall–Kier alpha value is -1.10. The zero-order valence-corrected chi connectivity index (χ0v) is 11.3. The maximum Gasteiger partial charge on any atom is 0.308 e. The van der Waals surface area contributed by atoms with Crippen LogP contribution < -0.4 is 11.1 Å². The number of hydrogen-bond acceptors (Lipinski definition) is 3. The van der Waals surface area contributed by atoms with Crippen LogP contribution in [0.2, 0.25) is 0 Å². The second-order valence-corrected chi connectivity index (χ2v) is 5.97. The van der Waals surface area contributed by atoms with E-state index in [1.807, 2.05) is 0 Å². The molecule has 2 aliphatic carbocycles. The van der Waals surface area contributed by atoms with E-state index in [1.54, 1.807) is 0 Å². The lowest BCUT2D eigenvalue weighted by molar-refractivity contribution is -0.143. The Morgan fingerprint density at radius 1 is 1.05 bits per heavy atom. The molecule has 0 heterocycles. The zero-order chi connectivity index (χ0) is 13.8. The van der Waals surface area contributed by atoms with Crippen LogP contribution in [0.4, 0.5) is 0 Å². The van der Waals surface area contributed by atoms with Gasteiger partial charge < -0.3 is 16.2 Å². The minimum atomic E-state index is -0.782. The molecule has 0 aromatic rings. The molecule has 108 valence electrons. The monoisotopic (exact) mass is 268 g/mol. The van der Waals surface area contributed by atoms with Crippen molar-refractivity contribution >= 4 is 11.9 Å². The highest BCUT2D eigenvalue weighted by molar-refractivity contribution is 5.80. The van der Waals surface area contributed by atoms with Gasteiger partial charge in [-0.15, -0.1) is 0 Å². The number of carbonyl (C=O) groups is 2. The Bertz CT molecular complexity index is 346. The molecule has 19 heavy (non-hydrogen) atoms. The van der Waals surface area contributed by atoms with Crippen LogP contribution in [-0.2, 0) is 9.59 Å². The molecule has 4 atom stereocenters. The highest BCUT2D eigenvalue weighted by Crippen LogP contribution is 2.27. The van der Waals surface area contributed by atoms with Gasteiger partial charge in [-0.1, -0.05) is 19.3 Å². The first kappa shape index (κ1) is 14.3. The third kappa shape index (κ3) is 3.69. The molecule has 4 unspecified atom stereocenters. The quantitative estimate of drug-likeness (QED) is 0.672. The van der Waals surface area contributed by atoms with Gasteiger partial charge in [0.2, 0.25) is 5.91 Å². The van der Waals surface area contributed by atoms with Crippen molar-refractivity contribution in [2.24, 2.45) is 17.6 Å². The van der Waals surface area contributed by atoms with E-state index in [0.717, 1.165) is 44.9 Å². The highest BCUT2D eigenvalue weighted by Gasteiger charge is 2.34. The molecule has 5 nitrogen and oxygen atoms in total. The molecule has 2 rings (SSSR count). The van der Waals surface area contributed by atoms with Crippen molar-refractivity contribution in [3.05, 3.63) is 0 Å². The molecule has 0 radical (unpaired) electrons. The van der Waals surface area contributed by atoms with Gasteiger partial charge in [0.15, 0.2) is 0 Å². The van der Waals surface area contributed by atoms with Crippen molar-refractivity contribution in [3.8, 4) is 0 Å². The van der Waals surface area contributed by atoms with Crippen LogP contribution in [0.5, 0.6) is 0 Å². The highest BCUT2D eigenvalue weighted by atomic mass is 16.4. The molecular weight excluding hydrogens is 244 g/mol. The van der Waals surface area contributed by atoms with Gasteiger partial charge in [-0.2, -0.15) is 0 Å². The molecule has 2 fully saturated rings. The SMILES string of the molecule is NC1CCC(C(=O)NC2CCCCCC2C(=O)O)C1. The number of rotatable bonds is 3. The number of aliphatic carboxylic acids is 1. The Kier molecular flexibility index (Phi) is 4.80. The van der Waals surface area contributed by atoms with Crippen LogP contribution in [0.1, 0.15) is 51.4 Å². The molecule has 0 aromatic carbocycles. The molecular formula is C14H24N2O3. The molecule has 2 aliphatic rings. The van der Waals surface area contributed by atoms with Crippen molar-refractivity contribution < 1.29 is 14.7 Å². The van der Waals surface area contributed by atoms with Gasteiger partial charge in [0.05, 0.1) is 5.92 Å². The number of hydrogen-bond donors (Lipinski definition) is 3. The van der Waals surface area contributed by atoms with Crippen molar-refractivity contribution in [2.45, 2.75) is 63.5 Å². The van der Waals surface area contributed by atoms with Crippen LogP contribution in [0.15, 0.2) is 0 Å². The summed E-state index contributed by atoms with van der Waals surface area (Å²) in [7, 11) is 0. The number of carboxylic acid groups (broad SMARTS) is 1. The van der Waals surface area contributed by atoms with Crippen molar-refractivity contribution in [3.63, 3.8) is 0 Å². The minimum Gasteiger partial charge on any atom is -0.481 e. The van der Waals surface area contributed by atoms with E-state index in [-0.39, 0.29) is 23.9 Å². The molecule has 0 aliphatic heterocycles. The van der Waals surface area contributed by atoms with Gasteiger partial charge >= 0.3 is 5.97 Å². The maximum atomic E-state index is 12.2. The maximum absolute atomic E-state index is 12.2. The molecule has 0 bridgehead atoms. The summed E-state index contributed by atoms with van der Waals surface area (Å²) in [6.07, 6.45) is 6.91. The largest absolute Gasteiger partial charge is 0.481 e. The van der Waals surface area contributed by atoms with Gasteiger partial charge in [0.25, 0.3) is 0 Å². The van der Waals surface area contributed by atoms with Crippen molar-refractivity contribution in [1.82, 2.24) is 5.32 Å². The van der Waals surface area contributed by atoms with E-state index in [0.29, 0.717) is 6.42 Å². The van der Waals surface area contributed by atoms with E-state index in [4.69, 9.17) is 5.73 Å². The topological polar surface area (TPSA) is 92.4 Å². The number of carboxylic acids is 1. The second kappa shape index (κ2) is 6.37. The molecule has 5 heteroatoms. The van der Waals surface area contributed by atoms with Gasteiger partial charge in [0.1, 0.15) is 0 Å². The third-order valence-corrected chi connectivity index (χ3v) is 4.50. The number of amides is 1. The second-order valence-electron chi connectivity index (χ2n) is 5.97. The van der Waals surface area contributed by atoms with Gasteiger partial charge in [-0.3, -0.25) is 9.59 Å². The van der Waals surface area contributed by atoms with Gasteiger partial charge in [-0.05, 0) is 32.1 Å². The van der Waals surface area contributed by atoms with E-state index in [1.165, 1.54) is 0 Å². The Morgan fingerprint density at radius 2 is 1.79 bits per heavy atom.